The molecule has 0 aromatic carbocycles. The van der Waals surface area contributed by atoms with E-state index in [1.54, 1.807) is 6.92 Å². The molecule has 0 bridgehead atoms. The highest BCUT2D eigenvalue weighted by atomic mass is 16.5. The minimum Gasteiger partial charge on any atom is -0.379 e. The number of nitrogens with one attached hydrogen (secondary N) is 2. The van der Waals surface area contributed by atoms with Gasteiger partial charge in [0.15, 0.2) is 0 Å². The molecule has 0 saturated heterocycles. The van der Waals surface area contributed by atoms with Gasteiger partial charge in [-0.1, -0.05) is 55.0 Å². The van der Waals surface area contributed by atoms with E-state index < -0.39 is 5.41 Å². The van der Waals surface area contributed by atoms with Crippen molar-refractivity contribution in [2.24, 2.45) is 16.2 Å². The molecule has 0 rings (SSSR count). The molecule has 0 saturated carbocycles. The number of amides is 2. The molecule has 0 aliphatic heterocycles. The Balaban J connectivity index is 3.75. The third kappa shape index (κ3) is 14.4. The van der Waals surface area contributed by atoms with Gasteiger partial charge in [0.05, 0.1) is 31.8 Å². The summed E-state index contributed by atoms with van der Waals surface area (Å²) in [6, 6.07) is 0. The molecular formula is C26H50N2O5. The molecule has 7 nitrogen and oxygen atoms in total. The summed E-state index contributed by atoms with van der Waals surface area (Å²) < 4.78 is 16.5. The van der Waals surface area contributed by atoms with Crippen LogP contribution in [0, 0.1) is 16.2 Å². The van der Waals surface area contributed by atoms with E-state index in [0.717, 1.165) is 19.3 Å². The van der Waals surface area contributed by atoms with Gasteiger partial charge >= 0.3 is 0 Å². The van der Waals surface area contributed by atoms with Crippen LogP contribution in [-0.2, 0) is 23.8 Å². The van der Waals surface area contributed by atoms with Gasteiger partial charge < -0.3 is 24.8 Å². The van der Waals surface area contributed by atoms with Gasteiger partial charge in [-0.05, 0) is 37.0 Å². The third-order valence-corrected chi connectivity index (χ3v) is 5.67. The lowest BCUT2D eigenvalue weighted by molar-refractivity contribution is -0.139. The molecule has 0 aromatic heterocycles. The Morgan fingerprint density at radius 3 is 1.55 bits per heavy atom. The number of rotatable bonds is 17. The van der Waals surface area contributed by atoms with Crippen LogP contribution in [0.15, 0.2) is 12.2 Å². The van der Waals surface area contributed by atoms with Crippen molar-refractivity contribution in [1.82, 2.24) is 10.6 Å². The molecule has 0 radical (unpaired) electrons. The third-order valence-electron chi connectivity index (χ3n) is 5.67. The Kier molecular flexibility index (Phi) is 14.8. The average molecular weight is 471 g/mol. The molecule has 0 aliphatic carbocycles. The van der Waals surface area contributed by atoms with E-state index in [0.29, 0.717) is 58.3 Å². The van der Waals surface area contributed by atoms with Crippen LogP contribution in [0.4, 0.5) is 0 Å². The highest BCUT2D eigenvalue weighted by Gasteiger charge is 2.46. The molecule has 2 amide bonds. The predicted octanol–water partition coefficient (Wildman–Crippen LogP) is 4.11. The number of carbonyl (C=O) groups is 2. The summed E-state index contributed by atoms with van der Waals surface area (Å²) in [5, 5.41) is 5.87. The zero-order valence-corrected chi connectivity index (χ0v) is 22.5. The van der Waals surface area contributed by atoms with Gasteiger partial charge in [0, 0.05) is 31.9 Å². The molecule has 0 heterocycles. The Hall–Kier alpha value is -1.44. The van der Waals surface area contributed by atoms with E-state index in [4.69, 9.17) is 14.2 Å². The summed E-state index contributed by atoms with van der Waals surface area (Å²) in [5.41, 5.74) is 0.0367. The smallest absolute Gasteiger partial charge is 0.246 e. The lowest BCUT2D eigenvalue weighted by atomic mass is 9.61. The van der Waals surface area contributed by atoms with Gasteiger partial charge in [-0.2, -0.15) is 0 Å². The SMILES string of the molecule is C=C(C)C(=O)NCCCOCCOCCOCCCNC(=O)C(C)(CC(C)(C)C)C(C)(C)C. The predicted molar refractivity (Wildman–Crippen MR) is 134 cm³/mol. The van der Waals surface area contributed by atoms with Crippen molar-refractivity contribution >= 4 is 11.8 Å². The molecule has 194 valence electrons. The van der Waals surface area contributed by atoms with Crippen molar-refractivity contribution in [1.29, 1.82) is 0 Å². The Labute approximate surface area is 202 Å². The summed E-state index contributed by atoms with van der Waals surface area (Å²) in [6.07, 6.45) is 2.36. The first kappa shape index (κ1) is 31.6. The van der Waals surface area contributed by atoms with Crippen LogP contribution in [0.25, 0.3) is 0 Å². The molecule has 7 heteroatoms. The number of hydrogen-bond acceptors (Lipinski definition) is 5. The van der Waals surface area contributed by atoms with E-state index >= 15 is 0 Å². The molecule has 1 atom stereocenters. The fourth-order valence-electron chi connectivity index (χ4n) is 3.39. The molecule has 33 heavy (non-hydrogen) atoms. The van der Waals surface area contributed by atoms with E-state index in [1.807, 2.05) is 0 Å². The zero-order chi connectivity index (χ0) is 25.5. The molecule has 0 aromatic rings. The highest BCUT2D eigenvalue weighted by Crippen LogP contribution is 2.46. The van der Waals surface area contributed by atoms with Crippen molar-refractivity contribution in [3.05, 3.63) is 12.2 Å². The molecule has 2 N–H and O–H groups in total. The van der Waals surface area contributed by atoms with Gasteiger partial charge in [0.25, 0.3) is 0 Å². The van der Waals surface area contributed by atoms with Crippen LogP contribution in [0.5, 0.6) is 0 Å². The standard InChI is InChI=1S/C26H50N2O5/c1-21(2)22(29)27-12-10-14-31-16-18-33-19-17-32-15-11-13-28-23(30)26(9,25(6,7)8)20-24(3,4)5/h1,10-20H2,2-9H3,(H,27,29)(H,28,30). The largest absolute Gasteiger partial charge is 0.379 e. The molecule has 0 fully saturated rings. The quantitative estimate of drug-likeness (QED) is 0.247. The topological polar surface area (TPSA) is 85.9 Å². The second-order valence-corrected chi connectivity index (χ2v) is 11.2. The monoisotopic (exact) mass is 470 g/mol. The van der Waals surface area contributed by atoms with Crippen molar-refractivity contribution < 1.29 is 23.8 Å². The first-order valence-electron chi connectivity index (χ1n) is 12.2. The van der Waals surface area contributed by atoms with Crippen molar-refractivity contribution in [3.8, 4) is 0 Å². The number of carbonyl (C=O) groups excluding carboxylic acids is 2. The van der Waals surface area contributed by atoms with Gasteiger partial charge in [-0.3, -0.25) is 9.59 Å². The summed E-state index contributed by atoms with van der Waals surface area (Å²) in [7, 11) is 0. The van der Waals surface area contributed by atoms with Crippen LogP contribution in [-0.4, -0.2) is 64.5 Å². The second kappa shape index (κ2) is 15.5. The average Bonchev–Trinajstić information content (AvgIpc) is 2.68. The highest BCUT2D eigenvalue weighted by molar-refractivity contribution is 5.92. The number of hydrogen-bond donors (Lipinski definition) is 2. The maximum Gasteiger partial charge on any atom is 0.246 e. The van der Waals surface area contributed by atoms with Crippen LogP contribution in [0.2, 0.25) is 0 Å². The Morgan fingerprint density at radius 1 is 0.727 bits per heavy atom. The van der Waals surface area contributed by atoms with Gasteiger partial charge in [0.1, 0.15) is 0 Å². The maximum atomic E-state index is 13.0. The summed E-state index contributed by atoms with van der Waals surface area (Å²) >= 11 is 0. The van der Waals surface area contributed by atoms with Crippen molar-refractivity contribution in [3.63, 3.8) is 0 Å². The van der Waals surface area contributed by atoms with Gasteiger partial charge in [-0.15, -0.1) is 0 Å². The van der Waals surface area contributed by atoms with E-state index in [9.17, 15) is 9.59 Å². The van der Waals surface area contributed by atoms with Crippen molar-refractivity contribution in [2.75, 3.05) is 52.7 Å². The summed E-state index contributed by atoms with van der Waals surface area (Å²) in [5.74, 6) is -0.00362. The van der Waals surface area contributed by atoms with Crippen LogP contribution in [0.1, 0.15) is 74.7 Å². The lowest BCUT2D eigenvalue weighted by Crippen LogP contribution is -2.49. The van der Waals surface area contributed by atoms with E-state index in [-0.39, 0.29) is 22.6 Å². The van der Waals surface area contributed by atoms with E-state index in [1.165, 1.54) is 0 Å². The number of ether oxygens (including phenoxy) is 3. The molecular weight excluding hydrogens is 420 g/mol. The minimum atomic E-state index is -0.430. The van der Waals surface area contributed by atoms with Crippen LogP contribution < -0.4 is 10.6 Å². The summed E-state index contributed by atoms with van der Waals surface area (Å²) in [6.45, 7) is 24.7. The summed E-state index contributed by atoms with van der Waals surface area (Å²) in [4.78, 5) is 24.3. The zero-order valence-electron chi connectivity index (χ0n) is 22.5. The maximum absolute atomic E-state index is 13.0. The lowest BCUT2D eigenvalue weighted by Gasteiger charge is -2.44. The minimum absolute atomic E-state index is 0.0791. The normalized spacial score (nSPS) is 13.9. The molecule has 1 unspecified atom stereocenters. The fraction of sp³-hybridized carbons (Fsp3) is 0.846. The van der Waals surface area contributed by atoms with Crippen LogP contribution >= 0.6 is 0 Å². The molecule has 0 aliphatic rings. The van der Waals surface area contributed by atoms with Gasteiger partial charge in [0.2, 0.25) is 11.8 Å². The Morgan fingerprint density at radius 2 is 1.15 bits per heavy atom. The first-order valence-corrected chi connectivity index (χ1v) is 12.2. The van der Waals surface area contributed by atoms with Gasteiger partial charge in [-0.25, -0.2) is 0 Å². The molecule has 0 spiro atoms. The van der Waals surface area contributed by atoms with Crippen LogP contribution in [0.3, 0.4) is 0 Å². The second-order valence-electron chi connectivity index (χ2n) is 11.2. The van der Waals surface area contributed by atoms with E-state index in [2.05, 4.69) is 65.7 Å². The Bertz CT molecular complexity index is 592. The fourth-order valence-corrected chi connectivity index (χ4v) is 3.39. The first-order chi connectivity index (χ1) is 15.2. The van der Waals surface area contributed by atoms with Crippen molar-refractivity contribution in [2.45, 2.75) is 74.7 Å².